The monoisotopic (exact) mass is 399 g/mol. The van der Waals surface area contributed by atoms with Gasteiger partial charge in [-0.2, -0.15) is 5.10 Å². The quantitative estimate of drug-likeness (QED) is 0.724. The summed E-state index contributed by atoms with van der Waals surface area (Å²) in [5.41, 5.74) is 0.661. The fraction of sp³-hybridized carbons (Fsp3) is 0.250. The second kappa shape index (κ2) is 8.36. The van der Waals surface area contributed by atoms with E-state index >= 15 is 0 Å². The number of benzene rings is 2. The fourth-order valence-electron chi connectivity index (χ4n) is 3.29. The van der Waals surface area contributed by atoms with Gasteiger partial charge < -0.3 is 15.0 Å². The number of nitrogens with zero attached hydrogens (tertiary/aromatic N) is 4. The number of nitrogens with one attached hydrogen (secondary N) is 1. The van der Waals surface area contributed by atoms with E-state index in [1.165, 1.54) is 29.4 Å². The molecule has 0 aliphatic carbocycles. The van der Waals surface area contributed by atoms with E-state index in [1.54, 1.807) is 10.7 Å². The van der Waals surface area contributed by atoms with Crippen molar-refractivity contribution >= 4 is 11.7 Å². The van der Waals surface area contributed by atoms with Crippen LogP contribution in [0.2, 0.25) is 0 Å². The average molecular weight is 399 g/mol. The van der Waals surface area contributed by atoms with E-state index in [9.17, 15) is 13.6 Å². The molecule has 9 heteroatoms. The van der Waals surface area contributed by atoms with E-state index in [0.717, 1.165) is 5.69 Å². The van der Waals surface area contributed by atoms with Gasteiger partial charge in [-0.25, -0.2) is 23.2 Å². The number of halogens is 2. The van der Waals surface area contributed by atoms with Crippen molar-refractivity contribution < 1.29 is 18.3 Å². The zero-order chi connectivity index (χ0) is 20.2. The van der Waals surface area contributed by atoms with Crippen molar-refractivity contribution in [3.63, 3.8) is 0 Å². The van der Waals surface area contributed by atoms with Crippen molar-refractivity contribution in [2.45, 2.75) is 12.5 Å². The summed E-state index contributed by atoms with van der Waals surface area (Å²) in [6.07, 6.45) is -1.27. The van der Waals surface area contributed by atoms with Crippen LogP contribution >= 0.6 is 0 Å². The predicted octanol–water partition coefficient (Wildman–Crippen LogP) is 3.81. The summed E-state index contributed by atoms with van der Waals surface area (Å²) in [7, 11) is 0. The Kier molecular flexibility index (Phi) is 5.48. The van der Waals surface area contributed by atoms with Crippen LogP contribution in [0.3, 0.4) is 0 Å². The van der Waals surface area contributed by atoms with Crippen LogP contribution in [0.4, 0.5) is 19.3 Å². The Morgan fingerprint density at radius 3 is 2.69 bits per heavy atom. The minimum absolute atomic E-state index is 0.0854. The Bertz CT molecular complexity index is 980. The number of anilines is 1. The Morgan fingerprint density at radius 2 is 1.90 bits per heavy atom. The highest BCUT2D eigenvalue weighted by atomic mass is 19.3. The van der Waals surface area contributed by atoms with Gasteiger partial charge in [-0.15, -0.1) is 0 Å². The van der Waals surface area contributed by atoms with Gasteiger partial charge in [0.1, 0.15) is 12.4 Å². The Labute approximate surface area is 165 Å². The molecule has 1 aliphatic rings. The second-order valence-electron chi connectivity index (χ2n) is 6.47. The number of rotatable bonds is 4. The number of alkyl halides is 2. The van der Waals surface area contributed by atoms with Crippen LogP contribution in [-0.4, -0.2) is 45.5 Å². The lowest BCUT2D eigenvalue weighted by atomic mass is 10.2. The van der Waals surface area contributed by atoms with Crippen molar-refractivity contribution in [2.75, 3.05) is 25.1 Å². The highest BCUT2D eigenvalue weighted by Crippen LogP contribution is 2.29. The number of hydrogen-bond donors (Lipinski definition) is 1. The number of amides is 2. The van der Waals surface area contributed by atoms with Crippen LogP contribution in [0.25, 0.3) is 5.69 Å². The van der Waals surface area contributed by atoms with E-state index < -0.39 is 18.5 Å². The molecule has 1 saturated heterocycles. The zero-order valence-corrected chi connectivity index (χ0v) is 15.4. The van der Waals surface area contributed by atoms with Gasteiger partial charge in [0.05, 0.1) is 24.6 Å². The SMILES string of the molecule is O=C(Nc1ccccc1C(F)F)N1CCOCC1c1ncnn1-c1ccccc1. The lowest BCUT2D eigenvalue weighted by Crippen LogP contribution is -2.46. The molecule has 1 aromatic heterocycles. The largest absolute Gasteiger partial charge is 0.377 e. The first-order valence-corrected chi connectivity index (χ1v) is 9.13. The fourth-order valence-corrected chi connectivity index (χ4v) is 3.29. The molecule has 1 atom stereocenters. The summed E-state index contributed by atoms with van der Waals surface area (Å²) < 4.78 is 33.7. The zero-order valence-electron chi connectivity index (χ0n) is 15.4. The topological polar surface area (TPSA) is 72.3 Å². The van der Waals surface area contributed by atoms with Gasteiger partial charge in [0, 0.05) is 12.1 Å². The summed E-state index contributed by atoms with van der Waals surface area (Å²) in [6.45, 7) is 0.879. The molecule has 4 rings (SSSR count). The predicted molar refractivity (Wildman–Crippen MR) is 102 cm³/mol. The van der Waals surface area contributed by atoms with Crippen molar-refractivity contribution in [1.29, 1.82) is 0 Å². The van der Waals surface area contributed by atoms with Gasteiger partial charge in [0.15, 0.2) is 5.82 Å². The Balaban J connectivity index is 1.61. The molecule has 150 valence electrons. The molecular formula is C20H19F2N5O2. The van der Waals surface area contributed by atoms with Crippen molar-refractivity contribution in [3.8, 4) is 5.69 Å². The second-order valence-corrected chi connectivity index (χ2v) is 6.47. The minimum Gasteiger partial charge on any atom is -0.377 e. The lowest BCUT2D eigenvalue weighted by Gasteiger charge is -2.35. The normalized spacial score (nSPS) is 16.8. The molecule has 29 heavy (non-hydrogen) atoms. The molecule has 1 N–H and O–H groups in total. The smallest absolute Gasteiger partial charge is 0.322 e. The van der Waals surface area contributed by atoms with Gasteiger partial charge >= 0.3 is 6.03 Å². The summed E-state index contributed by atoms with van der Waals surface area (Å²) in [6, 6.07) is 14.3. The van der Waals surface area contributed by atoms with E-state index in [2.05, 4.69) is 15.4 Å². The molecule has 1 unspecified atom stereocenters. The van der Waals surface area contributed by atoms with E-state index in [4.69, 9.17) is 4.74 Å². The van der Waals surface area contributed by atoms with Crippen LogP contribution in [-0.2, 0) is 4.74 Å². The number of aromatic nitrogens is 3. The minimum atomic E-state index is -2.69. The molecule has 2 aromatic carbocycles. The van der Waals surface area contributed by atoms with Gasteiger partial charge in [0.2, 0.25) is 0 Å². The number of carbonyl (C=O) groups is 1. The maximum Gasteiger partial charge on any atom is 0.322 e. The first-order valence-electron chi connectivity index (χ1n) is 9.13. The highest BCUT2D eigenvalue weighted by molar-refractivity contribution is 5.90. The number of morpholine rings is 1. The summed E-state index contributed by atoms with van der Waals surface area (Å²) in [4.78, 5) is 18.8. The molecule has 0 saturated carbocycles. The number of carbonyl (C=O) groups excluding carboxylic acids is 1. The standard InChI is InChI=1S/C20H19F2N5O2/c21-18(22)15-8-4-5-9-16(15)25-20(28)26-10-11-29-12-17(26)19-23-13-24-27(19)14-6-2-1-3-7-14/h1-9,13,17-18H,10-12H2,(H,25,28). The van der Waals surface area contributed by atoms with Crippen LogP contribution < -0.4 is 5.32 Å². The van der Waals surface area contributed by atoms with Crippen LogP contribution in [0.15, 0.2) is 60.9 Å². The summed E-state index contributed by atoms with van der Waals surface area (Å²) >= 11 is 0. The molecule has 0 radical (unpaired) electrons. The van der Waals surface area contributed by atoms with Gasteiger partial charge in [-0.3, -0.25) is 0 Å². The summed E-state index contributed by atoms with van der Waals surface area (Å²) in [5, 5.41) is 6.88. The third kappa shape index (κ3) is 3.95. The van der Waals surface area contributed by atoms with Crippen molar-refractivity contribution in [1.82, 2.24) is 19.7 Å². The Hall–Kier alpha value is -3.33. The molecule has 3 aromatic rings. The lowest BCUT2D eigenvalue weighted by molar-refractivity contribution is 0.0110. The number of ether oxygens (including phenoxy) is 1. The molecular weight excluding hydrogens is 380 g/mol. The maximum atomic E-state index is 13.3. The number of urea groups is 1. The van der Waals surface area contributed by atoms with Gasteiger partial charge in [-0.05, 0) is 18.2 Å². The number of para-hydroxylation sites is 2. The molecule has 1 aliphatic heterocycles. The molecule has 0 spiro atoms. The molecule has 0 bridgehead atoms. The van der Waals surface area contributed by atoms with Crippen LogP contribution in [0.5, 0.6) is 0 Å². The van der Waals surface area contributed by atoms with Gasteiger partial charge in [-0.1, -0.05) is 36.4 Å². The van der Waals surface area contributed by atoms with Crippen molar-refractivity contribution in [3.05, 3.63) is 72.3 Å². The van der Waals surface area contributed by atoms with E-state index in [-0.39, 0.29) is 17.9 Å². The third-order valence-electron chi connectivity index (χ3n) is 4.70. The van der Waals surface area contributed by atoms with Gasteiger partial charge in [0.25, 0.3) is 6.43 Å². The Morgan fingerprint density at radius 1 is 1.14 bits per heavy atom. The average Bonchev–Trinajstić information content (AvgIpc) is 3.24. The number of hydrogen-bond acceptors (Lipinski definition) is 4. The van der Waals surface area contributed by atoms with E-state index in [1.807, 2.05) is 30.3 Å². The molecule has 2 amide bonds. The molecule has 1 fully saturated rings. The van der Waals surface area contributed by atoms with Crippen LogP contribution in [0.1, 0.15) is 23.9 Å². The highest BCUT2D eigenvalue weighted by Gasteiger charge is 2.33. The third-order valence-corrected chi connectivity index (χ3v) is 4.70. The van der Waals surface area contributed by atoms with E-state index in [0.29, 0.717) is 19.0 Å². The van der Waals surface area contributed by atoms with Crippen LogP contribution in [0, 0.1) is 0 Å². The first kappa shape index (κ1) is 19.0. The first-order chi connectivity index (χ1) is 14.1. The summed E-state index contributed by atoms with van der Waals surface area (Å²) in [5.74, 6) is 0.535. The molecule has 2 heterocycles. The maximum absolute atomic E-state index is 13.3. The van der Waals surface area contributed by atoms with Crippen molar-refractivity contribution in [2.24, 2.45) is 0 Å². The molecule has 7 nitrogen and oxygen atoms in total.